The molecule has 0 spiro atoms. The van der Waals surface area contributed by atoms with Gasteiger partial charge in [-0.15, -0.1) is 12.4 Å². The van der Waals surface area contributed by atoms with Gasteiger partial charge < -0.3 is 30.3 Å². The maximum Gasteiger partial charge on any atom is 1.00 e. The minimum absolute atomic E-state index is 0. The second-order valence-electron chi connectivity index (χ2n) is 11.1. The maximum absolute atomic E-state index is 12.4. The third-order valence-electron chi connectivity index (χ3n) is 8.07. The van der Waals surface area contributed by atoms with Crippen molar-refractivity contribution >= 4 is 35.3 Å². The average molecular weight is 670 g/mol. The van der Waals surface area contributed by atoms with Crippen LogP contribution in [0.4, 0.5) is 11.4 Å². The number of anilines is 2. The number of rotatable bonds is 6. The Hall–Kier alpha value is -3.09. The van der Waals surface area contributed by atoms with Crippen LogP contribution in [0.5, 0.6) is 0 Å². The van der Waals surface area contributed by atoms with Crippen LogP contribution in [0, 0.1) is 0 Å². The summed E-state index contributed by atoms with van der Waals surface area (Å²) < 4.78 is 0. The minimum atomic E-state index is 0. The summed E-state index contributed by atoms with van der Waals surface area (Å²) in [6, 6.07) is 34.8. The van der Waals surface area contributed by atoms with E-state index >= 15 is 0 Å². The zero-order valence-electron chi connectivity index (χ0n) is 27.5. The molecule has 2 aliphatic heterocycles. The molecule has 0 unspecified atom stereocenters. The summed E-state index contributed by atoms with van der Waals surface area (Å²) in [5.41, 5.74) is 5.38. The molecule has 4 aromatic rings. The first-order valence-corrected chi connectivity index (χ1v) is 15.0. The monoisotopic (exact) mass is 669 g/mol. The van der Waals surface area contributed by atoms with E-state index in [-0.39, 0.29) is 59.0 Å². The van der Waals surface area contributed by atoms with Crippen molar-refractivity contribution in [1.82, 2.24) is 9.80 Å². The van der Waals surface area contributed by atoms with Crippen LogP contribution in [0.15, 0.2) is 109 Å². The number of hydrogen-bond acceptors (Lipinski definition) is 9. The standard InChI is InChI=1S/2C18H20N2O.ClH.H3NO.Na.H2O/c2*1-19-11-13-20(14-12-19)17-9-7-16(8-10-17)18(21)15-5-3-2-4-6-15;;1-2;;/h2*2-10H,11-14H2,1H3;1H;2H,1H2;;1H2/q;;;;+1;/p-1. The zero-order chi connectivity index (χ0) is 31.3. The molecule has 9 nitrogen and oxygen atoms in total. The van der Waals surface area contributed by atoms with E-state index in [1.807, 2.05) is 84.9 Å². The van der Waals surface area contributed by atoms with Gasteiger partial charge in [-0.05, 0) is 62.6 Å². The van der Waals surface area contributed by atoms with Gasteiger partial charge >= 0.3 is 29.6 Å². The van der Waals surface area contributed by atoms with E-state index in [4.69, 9.17) is 5.21 Å². The molecule has 0 radical (unpaired) electrons. The number of likely N-dealkylation sites (N-methyl/N-ethyl adjacent to an activating group) is 2. The SMILES string of the molecule is CN1CCN(c2ccc(C(=O)c3ccccc3)cc2)CC1.CN1CCN(c2ccc(C(=O)c3ccccc3)cc2)CC1.Cl.NO.[Na+].[OH-]. The third kappa shape index (κ3) is 12.1. The van der Waals surface area contributed by atoms with E-state index in [0.29, 0.717) is 0 Å². The van der Waals surface area contributed by atoms with E-state index in [0.717, 1.165) is 74.6 Å². The van der Waals surface area contributed by atoms with Crippen molar-refractivity contribution in [2.75, 3.05) is 76.3 Å². The fraction of sp³-hybridized carbons (Fsp3) is 0.278. The molecule has 11 heteroatoms. The zero-order valence-corrected chi connectivity index (χ0v) is 30.4. The summed E-state index contributed by atoms with van der Waals surface area (Å²) in [7, 11) is 4.30. The van der Waals surface area contributed by atoms with E-state index in [1.54, 1.807) is 0 Å². The van der Waals surface area contributed by atoms with Crippen LogP contribution in [0.1, 0.15) is 31.8 Å². The van der Waals surface area contributed by atoms with Crippen molar-refractivity contribution in [2.45, 2.75) is 0 Å². The van der Waals surface area contributed by atoms with Gasteiger partial charge in [0.25, 0.3) is 0 Å². The molecule has 0 aromatic heterocycles. The van der Waals surface area contributed by atoms with Crippen molar-refractivity contribution in [3.8, 4) is 0 Å². The van der Waals surface area contributed by atoms with E-state index < -0.39 is 0 Å². The molecule has 4 N–H and O–H groups in total. The van der Waals surface area contributed by atoms with Gasteiger partial charge in [-0.3, -0.25) is 9.59 Å². The summed E-state index contributed by atoms with van der Waals surface area (Å²) in [6.07, 6.45) is 0. The van der Waals surface area contributed by atoms with Gasteiger partial charge in [0.2, 0.25) is 0 Å². The van der Waals surface area contributed by atoms with Gasteiger partial charge in [0.1, 0.15) is 0 Å². The normalized spacial score (nSPS) is 14.4. The molecule has 0 bridgehead atoms. The van der Waals surface area contributed by atoms with Crippen LogP contribution in [-0.4, -0.2) is 98.5 Å². The van der Waals surface area contributed by atoms with Crippen molar-refractivity contribution in [3.63, 3.8) is 0 Å². The third-order valence-corrected chi connectivity index (χ3v) is 8.07. The second kappa shape index (κ2) is 21.7. The Labute approximate surface area is 306 Å². The van der Waals surface area contributed by atoms with Crippen LogP contribution >= 0.6 is 12.4 Å². The van der Waals surface area contributed by atoms with Gasteiger partial charge in [-0.2, -0.15) is 0 Å². The smallest absolute Gasteiger partial charge is 0.870 e. The van der Waals surface area contributed by atoms with Crippen LogP contribution in [0.25, 0.3) is 0 Å². The van der Waals surface area contributed by atoms with Crippen LogP contribution in [-0.2, 0) is 0 Å². The van der Waals surface area contributed by atoms with E-state index in [9.17, 15) is 9.59 Å². The number of nitrogens with two attached hydrogens (primary N) is 1. The van der Waals surface area contributed by atoms with Gasteiger partial charge in [0.05, 0.1) is 0 Å². The van der Waals surface area contributed by atoms with Crippen LogP contribution in [0.2, 0.25) is 0 Å². The van der Waals surface area contributed by atoms with E-state index in [1.165, 1.54) is 11.4 Å². The van der Waals surface area contributed by atoms with Crippen molar-refractivity contribution in [2.24, 2.45) is 5.90 Å². The average Bonchev–Trinajstić information content (AvgIpc) is 3.10. The number of carbonyl (C=O) groups is 2. The molecular formula is C36H45ClN5NaO4. The predicted octanol–water partition coefficient (Wildman–Crippen LogP) is 1.92. The number of piperazine rings is 2. The number of nitrogens with zero attached hydrogens (tertiary/aromatic N) is 4. The molecule has 2 fully saturated rings. The summed E-state index contributed by atoms with van der Waals surface area (Å²) in [5, 5.41) is 6.50. The van der Waals surface area contributed by atoms with Crippen LogP contribution < -0.4 is 45.3 Å². The molecule has 0 atom stereocenters. The quantitative estimate of drug-likeness (QED) is 0.180. The fourth-order valence-electron chi connectivity index (χ4n) is 5.29. The van der Waals surface area contributed by atoms with Gasteiger partial charge in [0.15, 0.2) is 11.6 Å². The Morgan fingerprint density at radius 3 is 1.02 bits per heavy atom. The molecule has 4 aromatic carbocycles. The number of benzene rings is 4. The van der Waals surface area contributed by atoms with Gasteiger partial charge in [-0.1, -0.05) is 60.7 Å². The molecule has 0 amide bonds. The number of carbonyl (C=O) groups excluding carboxylic acids is 2. The van der Waals surface area contributed by atoms with Crippen molar-refractivity contribution < 1.29 is 49.8 Å². The first-order valence-electron chi connectivity index (χ1n) is 15.0. The minimum Gasteiger partial charge on any atom is -0.870 e. The Morgan fingerprint density at radius 2 is 0.745 bits per heavy atom. The number of halogens is 1. The van der Waals surface area contributed by atoms with E-state index in [2.05, 4.69) is 63.9 Å². The molecule has 47 heavy (non-hydrogen) atoms. The van der Waals surface area contributed by atoms with Crippen molar-refractivity contribution in [1.29, 1.82) is 0 Å². The van der Waals surface area contributed by atoms with Crippen molar-refractivity contribution in [3.05, 3.63) is 131 Å². The summed E-state index contributed by atoms with van der Waals surface area (Å²) >= 11 is 0. The van der Waals surface area contributed by atoms with Crippen LogP contribution in [0.3, 0.4) is 0 Å². The Kier molecular flexibility index (Phi) is 19.4. The summed E-state index contributed by atoms with van der Waals surface area (Å²) in [5.74, 6) is 3.67. The summed E-state index contributed by atoms with van der Waals surface area (Å²) in [4.78, 5) is 34.1. The molecule has 2 heterocycles. The second-order valence-corrected chi connectivity index (χ2v) is 11.1. The molecule has 246 valence electrons. The van der Waals surface area contributed by atoms with Gasteiger partial charge in [0, 0.05) is 86.0 Å². The Morgan fingerprint density at radius 1 is 0.489 bits per heavy atom. The van der Waals surface area contributed by atoms with Gasteiger partial charge in [-0.25, -0.2) is 5.90 Å². The summed E-state index contributed by atoms with van der Waals surface area (Å²) in [6.45, 7) is 8.53. The molecule has 0 saturated carbocycles. The molecule has 0 aliphatic carbocycles. The predicted molar refractivity (Wildman–Crippen MR) is 187 cm³/mol. The maximum atomic E-state index is 12.4. The molecule has 2 aliphatic rings. The Bertz CT molecular complexity index is 1340. The molecule has 6 rings (SSSR count). The number of ketones is 2. The largest absolute Gasteiger partial charge is 1.00 e. The molecular weight excluding hydrogens is 625 g/mol. The fourth-order valence-corrected chi connectivity index (χ4v) is 5.29. The number of hydrogen-bond donors (Lipinski definition) is 2. The topological polar surface area (TPSA) is 123 Å². The first-order chi connectivity index (χ1) is 21.5. The Balaban J connectivity index is 0.000000421. The molecule has 2 saturated heterocycles. The first kappa shape index (κ1) is 41.9.